The molecule has 0 aromatic heterocycles. The Morgan fingerprint density at radius 1 is 0.604 bits per heavy atom. The van der Waals surface area contributed by atoms with E-state index >= 15 is 0 Å². The van der Waals surface area contributed by atoms with Crippen LogP contribution in [-0.4, -0.2) is 0 Å². The maximum atomic E-state index is 2.85. The zero-order valence-corrected chi connectivity index (χ0v) is 37.0. The van der Waals surface area contributed by atoms with Crippen molar-refractivity contribution >= 4 is 0 Å². The normalized spacial score (nSPS) is 43.3. The number of hydrogen-bond acceptors (Lipinski definition) is 0. The van der Waals surface area contributed by atoms with Crippen molar-refractivity contribution in [3.05, 3.63) is 81.4 Å². The van der Waals surface area contributed by atoms with Gasteiger partial charge in [-0.1, -0.05) is 94.2 Å². The van der Waals surface area contributed by atoms with E-state index in [9.17, 15) is 0 Å². The van der Waals surface area contributed by atoms with Gasteiger partial charge in [-0.15, -0.1) is 0 Å². The maximum Gasteiger partial charge on any atom is 2.00 e. The number of rotatable bonds is 3. The van der Waals surface area contributed by atoms with E-state index in [1.54, 1.807) is 44.5 Å². The van der Waals surface area contributed by atoms with E-state index in [2.05, 4.69) is 70.2 Å². The van der Waals surface area contributed by atoms with Gasteiger partial charge in [0.2, 0.25) is 0 Å². The SMILES string of the molecule is CC(C)(C)C1=CC2=C(C1)C1CCCCC1C2(C)C1c2ccc(C34CC5CC(CC(C5)C3)C4)cc2-c2cc(C34CC5CC(CC(C5)C3)C4)ccc21.[Cl-].[Cl-].[Zr+2]. The van der Waals surface area contributed by atoms with Gasteiger partial charge in [-0.3, -0.25) is 0 Å². The molecule has 3 atom stereocenters. The standard InChI is InChI=1S/C50H62.2ClH.Zr/c1-47(2,3)37-21-43-38-7-5-6-8-44(38)48(4,45(43)22-37)46-39-11-9-35(49-23-29-13-30(24-49)15-31(14-29)25-49)19-41(39)42-20-36(10-12-40(42)46)50-26-32-16-33(27-50)18-34(17-32)28-50;;;/h9-12,19-20,22,29-34,38,44,46H,5-8,13-18,21,23-28H2,1-4H3;2*1H;/q;;;+2/p-2. The largest absolute Gasteiger partial charge is 2.00 e. The predicted octanol–water partition coefficient (Wildman–Crippen LogP) is 7.24. The third kappa shape index (κ3) is 5.26. The Balaban J connectivity index is 0.00000124. The molecule has 9 saturated carbocycles. The minimum Gasteiger partial charge on any atom is -1.00 e. The first-order valence-electron chi connectivity index (χ1n) is 21.8. The predicted molar refractivity (Wildman–Crippen MR) is 206 cm³/mol. The van der Waals surface area contributed by atoms with Crippen LogP contribution in [0.3, 0.4) is 0 Å². The van der Waals surface area contributed by atoms with E-state index in [1.807, 2.05) is 5.57 Å². The van der Waals surface area contributed by atoms with Gasteiger partial charge in [-0.05, 0) is 199 Å². The Hall–Kier alpha value is -0.617. The Morgan fingerprint density at radius 3 is 1.47 bits per heavy atom. The fourth-order valence-corrected chi connectivity index (χ4v) is 17.3. The first-order valence-corrected chi connectivity index (χ1v) is 21.8. The molecule has 3 heteroatoms. The van der Waals surface area contributed by atoms with Crippen molar-refractivity contribution in [2.45, 2.75) is 154 Å². The van der Waals surface area contributed by atoms with Crippen molar-refractivity contribution in [1.29, 1.82) is 0 Å². The minimum absolute atomic E-state index is 0. The molecule has 0 spiro atoms. The summed E-state index contributed by atoms with van der Waals surface area (Å²) >= 11 is 0. The second-order valence-corrected chi connectivity index (χ2v) is 22.2. The summed E-state index contributed by atoms with van der Waals surface area (Å²) in [7, 11) is 0. The number of halogens is 2. The first-order chi connectivity index (χ1) is 24.1. The zero-order chi connectivity index (χ0) is 33.4. The minimum atomic E-state index is 0. The molecule has 9 fully saturated rings. The second-order valence-electron chi connectivity index (χ2n) is 22.2. The second kappa shape index (κ2) is 12.7. The average molecular weight is 825 g/mol. The maximum absolute atomic E-state index is 2.85. The van der Waals surface area contributed by atoms with Crippen LogP contribution < -0.4 is 24.8 Å². The molecule has 2 aromatic rings. The molecule has 8 bridgehead atoms. The van der Waals surface area contributed by atoms with Crippen LogP contribution >= 0.6 is 0 Å². The molecule has 0 saturated heterocycles. The van der Waals surface area contributed by atoms with Crippen LogP contribution in [0.15, 0.2) is 59.2 Å². The number of benzene rings is 2. The van der Waals surface area contributed by atoms with Crippen LogP contribution in [0.5, 0.6) is 0 Å². The van der Waals surface area contributed by atoms with Gasteiger partial charge in [0, 0.05) is 11.3 Å². The van der Waals surface area contributed by atoms with Gasteiger partial charge in [-0.2, -0.15) is 0 Å². The summed E-state index contributed by atoms with van der Waals surface area (Å²) in [6, 6.07) is 16.6. The molecule has 3 unspecified atom stereocenters. The number of hydrogen-bond donors (Lipinski definition) is 0. The van der Waals surface area contributed by atoms with Gasteiger partial charge < -0.3 is 24.8 Å². The van der Waals surface area contributed by atoms with E-state index in [1.165, 1.54) is 109 Å². The van der Waals surface area contributed by atoms with Crippen LogP contribution in [0.25, 0.3) is 11.1 Å². The molecule has 2 aromatic carbocycles. The van der Waals surface area contributed by atoms with Crippen LogP contribution in [0.4, 0.5) is 0 Å². The average Bonchev–Trinajstić information content (AvgIpc) is 3.73. The number of allylic oxidation sites excluding steroid dienone is 4. The summed E-state index contributed by atoms with van der Waals surface area (Å²) in [4.78, 5) is 0. The van der Waals surface area contributed by atoms with Gasteiger partial charge in [0.15, 0.2) is 0 Å². The Kier molecular flexibility index (Phi) is 9.08. The summed E-state index contributed by atoms with van der Waals surface area (Å²) in [5.41, 5.74) is 16.9. The van der Waals surface area contributed by atoms with Crippen molar-refractivity contribution in [2.75, 3.05) is 0 Å². The molecule has 0 heterocycles. The summed E-state index contributed by atoms with van der Waals surface area (Å²) in [5.74, 6) is 8.03. The van der Waals surface area contributed by atoms with Crippen LogP contribution in [-0.2, 0) is 37.0 Å². The molecule has 0 amide bonds. The van der Waals surface area contributed by atoms with E-state index in [0.717, 1.165) is 47.3 Å². The zero-order valence-electron chi connectivity index (χ0n) is 33.0. The third-order valence-electron chi connectivity index (χ3n) is 18.5. The van der Waals surface area contributed by atoms with Crippen LogP contribution in [0.2, 0.25) is 0 Å². The van der Waals surface area contributed by atoms with Gasteiger partial charge in [0.05, 0.1) is 0 Å². The Morgan fingerprint density at radius 2 is 1.04 bits per heavy atom. The molecule has 14 rings (SSSR count). The molecule has 0 nitrogen and oxygen atoms in total. The van der Waals surface area contributed by atoms with E-state index in [0.29, 0.717) is 16.7 Å². The van der Waals surface area contributed by atoms with E-state index < -0.39 is 0 Å². The molecular formula is C50H62Cl2Zr. The summed E-state index contributed by atoms with van der Waals surface area (Å²) in [6.45, 7) is 10.2. The van der Waals surface area contributed by atoms with Gasteiger partial charge in [0.25, 0.3) is 0 Å². The molecule has 280 valence electrons. The number of fused-ring (bicyclic) bond motifs is 5. The summed E-state index contributed by atoms with van der Waals surface area (Å²) in [5, 5.41) is 0. The fraction of sp³-hybridized carbons (Fsp3) is 0.680. The topological polar surface area (TPSA) is 0 Å². The molecular weight excluding hydrogens is 763 g/mol. The van der Waals surface area contributed by atoms with Crippen molar-refractivity contribution in [2.24, 2.45) is 58.2 Å². The van der Waals surface area contributed by atoms with Gasteiger partial charge >= 0.3 is 26.2 Å². The van der Waals surface area contributed by atoms with Crippen LogP contribution in [0.1, 0.15) is 165 Å². The molecule has 0 aliphatic heterocycles. The van der Waals surface area contributed by atoms with Crippen molar-refractivity contribution in [1.82, 2.24) is 0 Å². The van der Waals surface area contributed by atoms with Crippen molar-refractivity contribution in [3.63, 3.8) is 0 Å². The molecule has 12 aliphatic rings. The quantitative estimate of drug-likeness (QED) is 0.307. The monoisotopic (exact) mass is 822 g/mol. The molecule has 53 heavy (non-hydrogen) atoms. The first kappa shape index (κ1) is 37.9. The molecule has 0 N–H and O–H groups in total. The Labute approximate surface area is 352 Å². The fourth-order valence-electron chi connectivity index (χ4n) is 17.3. The third-order valence-corrected chi connectivity index (χ3v) is 18.5. The van der Waals surface area contributed by atoms with Crippen molar-refractivity contribution in [3.8, 4) is 11.1 Å². The van der Waals surface area contributed by atoms with E-state index in [4.69, 9.17) is 0 Å². The van der Waals surface area contributed by atoms with E-state index in [-0.39, 0.29) is 61.8 Å². The molecule has 0 radical (unpaired) electrons. The van der Waals surface area contributed by atoms with Crippen molar-refractivity contribution < 1.29 is 51.0 Å². The molecule has 12 aliphatic carbocycles. The smallest absolute Gasteiger partial charge is 1.00 e. The Bertz CT molecular complexity index is 1720. The summed E-state index contributed by atoms with van der Waals surface area (Å²) in [6.07, 6.45) is 27.8. The summed E-state index contributed by atoms with van der Waals surface area (Å²) < 4.78 is 0. The van der Waals surface area contributed by atoms with Crippen LogP contribution in [0, 0.1) is 58.2 Å². The van der Waals surface area contributed by atoms with Gasteiger partial charge in [-0.25, -0.2) is 0 Å². The van der Waals surface area contributed by atoms with Gasteiger partial charge in [0.1, 0.15) is 0 Å².